The van der Waals surface area contributed by atoms with Crippen LogP contribution >= 0.6 is 0 Å². The Morgan fingerprint density at radius 2 is 1.97 bits per heavy atom. The van der Waals surface area contributed by atoms with Crippen molar-refractivity contribution in [1.82, 2.24) is 35.2 Å². The molecule has 0 aromatic carbocycles. The predicted molar refractivity (Wildman–Crippen MR) is 113 cm³/mol. The summed E-state index contributed by atoms with van der Waals surface area (Å²) >= 11 is 0. The van der Waals surface area contributed by atoms with E-state index in [0.717, 1.165) is 56.8 Å². The highest BCUT2D eigenvalue weighted by Gasteiger charge is 2.21. The van der Waals surface area contributed by atoms with Gasteiger partial charge in [-0.25, -0.2) is 4.99 Å². The number of aliphatic imine (C=N–C) groups is 1. The molecule has 164 valence electrons. The molecule has 1 saturated heterocycles. The molecule has 29 heavy (non-hydrogen) atoms. The highest BCUT2D eigenvalue weighted by molar-refractivity contribution is 5.80. The smallest absolute Gasteiger partial charge is 0.234 e. The number of guanidine groups is 1. The van der Waals surface area contributed by atoms with Crippen LogP contribution in [0.3, 0.4) is 0 Å². The average molecular weight is 409 g/mol. The van der Waals surface area contributed by atoms with Crippen LogP contribution in [0.25, 0.3) is 0 Å². The fraction of sp³-hybridized carbons (Fsp3) is 0.789. The normalized spacial score (nSPS) is 15.8. The van der Waals surface area contributed by atoms with E-state index >= 15 is 0 Å². The molecule has 1 fully saturated rings. The first kappa shape index (κ1) is 23.1. The van der Waals surface area contributed by atoms with Gasteiger partial charge in [0.05, 0.1) is 6.54 Å². The largest absolute Gasteiger partial charge is 0.385 e. The second kappa shape index (κ2) is 11.7. The number of nitrogens with one attached hydrogen (secondary N) is 2. The van der Waals surface area contributed by atoms with Crippen LogP contribution in [0.4, 0.5) is 0 Å². The number of aryl methyl sites for hydroxylation is 1. The molecule has 1 aromatic rings. The van der Waals surface area contributed by atoms with Crippen molar-refractivity contribution < 1.29 is 9.53 Å². The van der Waals surface area contributed by atoms with Gasteiger partial charge in [-0.2, -0.15) is 0 Å². The number of carbonyl (C=O) groups is 1. The third-order valence-corrected chi connectivity index (χ3v) is 4.85. The fourth-order valence-electron chi connectivity index (χ4n) is 3.11. The molecule has 0 saturated carbocycles. The van der Waals surface area contributed by atoms with E-state index in [9.17, 15) is 4.79 Å². The molecule has 0 spiro atoms. The number of nitrogens with zero attached hydrogens (tertiary/aromatic N) is 6. The van der Waals surface area contributed by atoms with Crippen molar-refractivity contribution in [2.75, 3.05) is 53.0 Å². The lowest BCUT2D eigenvalue weighted by Crippen LogP contribution is -2.54. The molecule has 10 heteroatoms. The molecule has 1 aromatic heterocycles. The minimum atomic E-state index is 0.0812. The third kappa shape index (κ3) is 7.62. The van der Waals surface area contributed by atoms with Gasteiger partial charge in [0.2, 0.25) is 5.91 Å². The van der Waals surface area contributed by atoms with Crippen LogP contribution in [0, 0.1) is 6.92 Å². The topological polar surface area (TPSA) is 99.9 Å². The van der Waals surface area contributed by atoms with Crippen LogP contribution in [-0.4, -0.2) is 95.5 Å². The van der Waals surface area contributed by atoms with Crippen LogP contribution in [0.5, 0.6) is 0 Å². The fourth-order valence-corrected chi connectivity index (χ4v) is 3.11. The number of carbonyl (C=O) groups excluding carboxylic acids is 1. The van der Waals surface area contributed by atoms with Gasteiger partial charge in [0, 0.05) is 59.5 Å². The Morgan fingerprint density at radius 3 is 2.55 bits per heavy atom. The first-order valence-electron chi connectivity index (χ1n) is 10.3. The summed E-state index contributed by atoms with van der Waals surface area (Å²) in [6.45, 7) is 11.6. The van der Waals surface area contributed by atoms with Crippen molar-refractivity contribution in [3.63, 3.8) is 0 Å². The molecule has 2 N–H and O–H groups in total. The van der Waals surface area contributed by atoms with Crippen molar-refractivity contribution in [2.24, 2.45) is 12.0 Å². The van der Waals surface area contributed by atoms with Crippen LogP contribution in [0.2, 0.25) is 0 Å². The summed E-state index contributed by atoms with van der Waals surface area (Å²) in [5.74, 6) is 2.66. The van der Waals surface area contributed by atoms with Gasteiger partial charge in [0.25, 0.3) is 0 Å². The van der Waals surface area contributed by atoms with Crippen molar-refractivity contribution in [3.05, 3.63) is 11.6 Å². The van der Waals surface area contributed by atoms with Gasteiger partial charge in [-0.1, -0.05) is 0 Å². The van der Waals surface area contributed by atoms with Crippen LogP contribution < -0.4 is 10.6 Å². The maximum absolute atomic E-state index is 12.0. The summed E-state index contributed by atoms with van der Waals surface area (Å²) in [4.78, 5) is 21.2. The third-order valence-electron chi connectivity index (χ3n) is 4.85. The lowest BCUT2D eigenvalue weighted by molar-refractivity contribution is -0.123. The Labute approximate surface area is 173 Å². The van der Waals surface area contributed by atoms with E-state index in [1.807, 2.05) is 32.4 Å². The Hall–Kier alpha value is -2.20. The van der Waals surface area contributed by atoms with E-state index in [1.54, 1.807) is 7.11 Å². The van der Waals surface area contributed by atoms with E-state index in [1.165, 1.54) is 0 Å². The Morgan fingerprint density at radius 1 is 1.24 bits per heavy atom. The zero-order valence-electron chi connectivity index (χ0n) is 18.4. The zero-order valence-corrected chi connectivity index (χ0v) is 18.4. The van der Waals surface area contributed by atoms with E-state index in [4.69, 9.17) is 9.73 Å². The van der Waals surface area contributed by atoms with Crippen molar-refractivity contribution in [3.8, 4) is 0 Å². The number of amides is 1. The van der Waals surface area contributed by atoms with Gasteiger partial charge in [-0.3, -0.25) is 9.69 Å². The Balaban J connectivity index is 1.93. The quantitative estimate of drug-likeness (QED) is 0.330. The number of aromatic nitrogens is 3. The van der Waals surface area contributed by atoms with Gasteiger partial charge in [0.1, 0.15) is 12.4 Å². The molecule has 2 heterocycles. The second-order valence-corrected chi connectivity index (χ2v) is 7.62. The lowest BCUT2D eigenvalue weighted by Gasteiger charge is -2.36. The molecule has 0 radical (unpaired) electrons. The molecule has 2 rings (SSSR count). The summed E-state index contributed by atoms with van der Waals surface area (Å²) in [7, 11) is 3.66. The van der Waals surface area contributed by atoms with Crippen molar-refractivity contribution in [1.29, 1.82) is 0 Å². The molecular weight excluding hydrogens is 372 g/mol. The van der Waals surface area contributed by atoms with Crippen LogP contribution in [0.15, 0.2) is 4.99 Å². The monoisotopic (exact) mass is 408 g/mol. The number of ether oxygens (including phenoxy) is 1. The lowest BCUT2D eigenvalue weighted by atomic mass is 10.3. The summed E-state index contributed by atoms with van der Waals surface area (Å²) < 4.78 is 7.09. The number of hydrogen-bond donors (Lipinski definition) is 2. The minimum absolute atomic E-state index is 0.0812. The molecule has 1 aliphatic rings. The second-order valence-electron chi connectivity index (χ2n) is 7.62. The standard InChI is InChI=1S/C19H36N8O2/c1-15(2)22-18(28)14-26-8-10-27(11-9-26)19(20-7-6-12-29-5)21-13-17-24-23-16(3)25(17)4/h15H,6-14H2,1-5H3,(H,20,21)(H,22,28). The van der Waals surface area contributed by atoms with Gasteiger partial charge in [-0.05, 0) is 27.2 Å². The van der Waals surface area contributed by atoms with Crippen molar-refractivity contribution >= 4 is 11.9 Å². The molecule has 0 unspecified atom stereocenters. The molecule has 1 amide bonds. The molecule has 0 aliphatic carbocycles. The maximum atomic E-state index is 12.0. The molecule has 0 bridgehead atoms. The van der Waals surface area contributed by atoms with E-state index in [2.05, 4.69) is 30.6 Å². The summed E-state index contributed by atoms with van der Waals surface area (Å²) in [6.07, 6.45) is 0.911. The minimum Gasteiger partial charge on any atom is -0.385 e. The van der Waals surface area contributed by atoms with Crippen LogP contribution in [0.1, 0.15) is 31.9 Å². The highest BCUT2D eigenvalue weighted by Crippen LogP contribution is 2.05. The van der Waals surface area contributed by atoms with Gasteiger partial charge < -0.3 is 24.8 Å². The molecule has 1 aliphatic heterocycles. The summed E-state index contributed by atoms with van der Waals surface area (Å²) in [5.41, 5.74) is 0. The summed E-state index contributed by atoms with van der Waals surface area (Å²) in [6, 6.07) is 0.170. The van der Waals surface area contributed by atoms with E-state index in [0.29, 0.717) is 19.7 Å². The van der Waals surface area contributed by atoms with E-state index in [-0.39, 0.29) is 11.9 Å². The number of methoxy groups -OCH3 is 1. The average Bonchev–Trinajstić information content (AvgIpc) is 2.99. The highest BCUT2D eigenvalue weighted by atomic mass is 16.5. The van der Waals surface area contributed by atoms with Crippen LogP contribution in [-0.2, 0) is 23.1 Å². The SMILES string of the molecule is COCCCNC(=NCc1nnc(C)n1C)N1CCN(CC(=O)NC(C)C)CC1. The Bertz CT molecular complexity index is 665. The van der Waals surface area contributed by atoms with Gasteiger partial charge >= 0.3 is 0 Å². The first-order valence-corrected chi connectivity index (χ1v) is 10.3. The number of rotatable bonds is 9. The van der Waals surface area contributed by atoms with E-state index < -0.39 is 0 Å². The summed E-state index contributed by atoms with van der Waals surface area (Å²) in [5, 5.41) is 14.7. The molecular formula is C19H36N8O2. The zero-order chi connectivity index (χ0) is 21.2. The van der Waals surface area contributed by atoms with Crippen molar-refractivity contribution in [2.45, 2.75) is 39.8 Å². The van der Waals surface area contributed by atoms with Gasteiger partial charge in [-0.15, -0.1) is 10.2 Å². The molecule has 10 nitrogen and oxygen atoms in total. The first-order chi connectivity index (χ1) is 13.9. The van der Waals surface area contributed by atoms with Gasteiger partial charge in [0.15, 0.2) is 11.8 Å². The number of hydrogen-bond acceptors (Lipinski definition) is 6. The maximum Gasteiger partial charge on any atom is 0.234 e. The molecule has 0 atom stereocenters. The number of piperazine rings is 1. The Kier molecular flexibility index (Phi) is 9.33. The predicted octanol–water partition coefficient (Wildman–Crippen LogP) is -0.252.